The fourth-order valence-corrected chi connectivity index (χ4v) is 3.30. The van der Waals surface area contributed by atoms with Crippen LogP contribution in [-0.4, -0.2) is 41.9 Å². The smallest absolute Gasteiger partial charge is 0.144 e. The fourth-order valence-electron chi connectivity index (χ4n) is 3.30. The molecule has 0 spiro atoms. The first-order valence-electron chi connectivity index (χ1n) is 9.40. The van der Waals surface area contributed by atoms with E-state index in [1.54, 1.807) is 7.05 Å². The zero-order chi connectivity index (χ0) is 19.0. The Bertz CT molecular complexity index is 632. The zero-order valence-corrected chi connectivity index (χ0v) is 16.2. The summed E-state index contributed by atoms with van der Waals surface area (Å²) in [5, 5.41) is 14.3. The molecular formula is C22H33N3O. The Morgan fingerprint density at radius 2 is 1.54 bits per heavy atom. The third-order valence-corrected chi connectivity index (χ3v) is 4.68. The lowest BCUT2D eigenvalue weighted by molar-refractivity contribution is -0.0448. The fraction of sp³-hybridized carbons (Fsp3) is 0.455. The van der Waals surface area contributed by atoms with Crippen LogP contribution in [0.3, 0.4) is 0 Å². The summed E-state index contributed by atoms with van der Waals surface area (Å²) in [7, 11) is 1.78. The molecule has 0 radical (unpaired) electrons. The maximum absolute atomic E-state index is 11.2. The second-order valence-corrected chi connectivity index (χ2v) is 7.52. The molecule has 0 aliphatic heterocycles. The van der Waals surface area contributed by atoms with Crippen molar-refractivity contribution in [2.45, 2.75) is 38.6 Å². The average molecular weight is 356 g/mol. The third kappa shape index (κ3) is 6.22. The van der Waals surface area contributed by atoms with Crippen molar-refractivity contribution in [3.05, 3.63) is 71.8 Å². The Morgan fingerprint density at radius 3 is 2.04 bits per heavy atom. The van der Waals surface area contributed by atoms with Crippen LogP contribution in [0.1, 0.15) is 25.0 Å². The molecule has 4 N–H and O–H groups in total. The van der Waals surface area contributed by atoms with E-state index in [0.717, 1.165) is 18.7 Å². The molecular weight excluding hydrogens is 322 g/mol. The summed E-state index contributed by atoms with van der Waals surface area (Å²) in [4.78, 5) is 2.28. The van der Waals surface area contributed by atoms with Crippen molar-refractivity contribution in [2.24, 2.45) is 11.7 Å². The molecule has 2 aromatic carbocycles. The summed E-state index contributed by atoms with van der Waals surface area (Å²) in [6.45, 7) is 6.56. The van der Waals surface area contributed by atoms with Crippen LogP contribution >= 0.6 is 0 Å². The van der Waals surface area contributed by atoms with Gasteiger partial charge in [-0.3, -0.25) is 10.2 Å². The van der Waals surface area contributed by atoms with Crippen LogP contribution in [0, 0.1) is 5.92 Å². The zero-order valence-electron chi connectivity index (χ0n) is 16.2. The van der Waals surface area contributed by atoms with Gasteiger partial charge in [0.05, 0.1) is 6.04 Å². The molecule has 0 saturated heterocycles. The van der Waals surface area contributed by atoms with Crippen molar-refractivity contribution in [3.8, 4) is 0 Å². The number of benzene rings is 2. The molecule has 0 bridgehead atoms. The van der Waals surface area contributed by atoms with E-state index in [0.29, 0.717) is 18.9 Å². The van der Waals surface area contributed by atoms with Gasteiger partial charge in [0.15, 0.2) is 0 Å². The molecule has 142 valence electrons. The molecule has 2 rings (SSSR count). The highest BCUT2D eigenvalue weighted by Crippen LogP contribution is 2.16. The van der Waals surface area contributed by atoms with Gasteiger partial charge in [-0.25, -0.2) is 0 Å². The van der Waals surface area contributed by atoms with Crippen molar-refractivity contribution in [1.82, 2.24) is 10.2 Å². The van der Waals surface area contributed by atoms with Crippen molar-refractivity contribution in [2.75, 3.05) is 20.1 Å². The van der Waals surface area contributed by atoms with E-state index < -0.39 is 11.8 Å². The minimum absolute atomic E-state index is 0.402. The summed E-state index contributed by atoms with van der Waals surface area (Å²) < 4.78 is 0. The van der Waals surface area contributed by atoms with Gasteiger partial charge in [0.1, 0.15) is 5.72 Å². The van der Waals surface area contributed by atoms with Crippen LogP contribution in [-0.2, 0) is 13.0 Å². The van der Waals surface area contributed by atoms with Gasteiger partial charge in [-0.15, -0.1) is 0 Å². The SMILES string of the molecule is CN[C@@](O)(CN(Cc1ccccc1)CC(C)C)[C@@H](N)Cc1ccccc1. The molecule has 0 aliphatic carbocycles. The monoisotopic (exact) mass is 355 g/mol. The van der Waals surface area contributed by atoms with E-state index in [4.69, 9.17) is 5.73 Å². The second kappa shape index (κ2) is 9.83. The molecule has 0 unspecified atom stereocenters. The minimum Gasteiger partial charge on any atom is -0.373 e. The molecule has 0 aliphatic rings. The first-order valence-corrected chi connectivity index (χ1v) is 9.40. The van der Waals surface area contributed by atoms with E-state index in [1.165, 1.54) is 5.56 Å². The van der Waals surface area contributed by atoms with Crippen LogP contribution in [0.5, 0.6) is 0 Å². The molecule has 2 aromatic rings. The number of aliphatic hydroxyl groups is 1. The summed E-state index contributed by atoms with van der Waals surface area (Å²) in [5.41, 5.74) is 7.65. The van der Waals surface area contributed by atoms with E-state index in [-0.39, 0.29) is 0 Å². The standard InChI is InChI=1S/C22H33N3O/c1-18(2)15-25(16-20-12-8-5-9-13-20)17-22(26,24-3)21(23)14-19-10-6-4-7-11-19/h4-13,18,21,24,26H,14-17,23H2,1-3H3/t21-,22+/m0/s1. The van der Waals surface area contributed by atoms with E-state index >= 15 is 0 Å². The summed E-state index contributed by atoms with van der Waals surface area (Å²) >= 11 is 0. The van der Waals surface area contributed by atoms with Crippen LogP contribution in [0.2, 0.25) is 0 Å². The van der Waals surface area contributed by atoms with E-state index in [2.05, 4.69) is 36.2 Å². The van der Waals surface area contributed by atoms with E-state index in [1.807, 2.05) is 48.5 Å². The second-order valence-electron chi connectivity index (χ2n) is 7.52. The molecule has 0 fully saturated rings. The Morgan fingerprint density at radius 1 is 1.00 bits per heavy atom. The maximum Gasteiger partial charge on any atom is 0.144 e. The van der Waals surface area contributed by atoms with Gasteiger partial charge >= 0.3 is 0 Å². The quantitative estimate of drug-likeness (QED) is 0.574. The Kier molecular flexibility index (Phi) is 7.79. The number of hydrogen-bond acceptors (Lipinski definition) is 4. The molecule has 0 saturated carbocycles. The van der Waals surface area contributed by atoms with Gasteiger partial charge in [0.25, 0.3) is 0 Å². The maximum atomic E-state index is 11.2. The topological polar surface area (TPSA) is 61.5 Å². The Hall–Kier alpha value is -1.72. The van der Waals surface area contributed by atoms with Crippen molar-refractivity contribution in [1.29, 1.82) is 0 Å². The largest absolute Gasteiger partial charge is 0.373 e. The number of rotatable bonds is 10. The minimum atomic E-state index is -1.15. The van der Waals surface area contributed by atoms with Gasteiger partial charge in [-0.1, -0.05) is 74.5 Å². The van der Waals surface area contributed by atoms with Crippen molar-refractivity contribution < 1.29 is 5.11 Å². The number of nitrogens with two attached hydrogens (primary N) is 1. The molecule has 26 heavy (non-hydrogen) atoms. The summed E-state index contributed by atoms with van der Waals surface area (Å²) in [6.07, 6.45) is 0.624. The van der Waals surface area contributed by atoms with Gasteiger partial charge in [-0.05, 0) is 30.5 Å². The average Bonchev–Trinajstić information content (AvgIpc) is 2.62. The highest BCUT2D eigenvalue weighted by atomic mass is 16.3. The third-order valence-electron chi connectivity index (χ3n) is 4.68. The van der Waals surface area contributed by atoms with Gasteiger partial charge in [-0.2, -0.15) is 0 Å². The first-order chi connectivity index (χ1) is 12.4. The number of nitrogens with one attached hydrogen (secondary N) is 1. The lowest BCUT2D eigenvalue weighted by Gasteiger charge is -2.39. The van der Waals surface area contributed by atoms with Gasteiger partial charge in [0, 0.05) is 19.6 Å². The van der Waals surface area contributed by atoms with Gasteiger partial charge in [0.2, 0.25) is 0 Å². The lowest BCUT2D eigenvalue weighted by atomic mass is 9.96. The van der Waals surface area contributed by atoms with Crippen LogP contribution < -0.4 is 11.1 Å². The lowest BCUT2D eigenvalue weighted by Crippen LogP contribution is -2.63. The highest BCUT2D eigenvalue weighted by Gasteiger charge is 2.35. The first kappa shape index (κ1) is 20.6. The van der Waals surface area contributed by atoms with Crippen LogP contribution in [0.4, 0.5) is 0 Å². The van der Waals surface area contributed by atoms with Gasteiger partial charge < -0.3 is 10.8 Å². The van der Waals surface area contributed by atoms with Crippen LogP contribution in [0.15, 0.2) is 60.7 Å². The molecule has 0 heterocycles. The summed E-state index contributed by atoms with van der Waals surface area (Å²) in [6, 6.07) is 20.0. The predicted octanol–water partition coefficient (Wildman–Crippen LogP) is 2.62. The molecule has 0 amide bonds. The highest BCUT2D eigenvalue weighted by molar-refractivity contribution is 5.17. The number of nitrogens with zero attached hydrogens (tertiary/aromatic N) is 1. The predicted molar refractivity (Wildman–Crippen MR) is 109 cm³/mol. The molecule has 4 heteroatoms. The normalized spacial score (nSPS) is 15.2. The van der Waals surface area contributed by atoms with Crippen molar-refractivity contribution >= 4 is 0 Å². The molecule has 2 atom stereocenters. The van der Waals surface area contributed by atoms with Crippen molar-refractivity contribution in [3.63, 3.8) is 0 Å². The molecule has 4 nitrogen and oxygen atoms in total. The number of hydrogen-bond donors (Lipinski definition) is 3. The summed E-state index contributed by atoms with van der Waals surface area (Å²) in [5.74, 6) is 0.505. The van der Waals surface area contributed by atoms with Crippen LogP contribution in [0.25, 0.3) is 0 Å². The van der Waals surface area contributed by atoms with E-state index in [9.17, 15) is 5.11 Å². The number of likely N-dealkylation sites (N-methyl/N-ethyl adjacent to an activating group) is 1. The molecule has 0 aromatic heterocycles. The Balaban J connectivity index is 2.10. The Labute approximate surface area is 158 Å².